The minimum absolute atomic E-state index is 0.0141. The highest BCUT2D eigenvalue weighted by molar-refractivity contribution is 5.26. The third kappa shape index (κ3) is 3.87. The molecule has 1 aromatic carbocycles. The zero-order valence-corrected chi connectivity index (χ0v) is 12.1. The van der Waals surface area contributed by atoms with Crippen LogP contribution in [-0.2, 0) is 6.42 Å². The lowest BCUT2D eigenvalue weighted by molar-refractivity contribution is 0.495. The van der Waals surface area contributed by atoms with Gasteiger partial charge in [-0.1, -0.05) is 36.8 Å². The Balaban J connectivity index is 2.22. The summed E-state index contributed by atoms with van der Waals surface area (Å²) in [5.74, 6) is -0.242. The van der Waals surface area contributed by atoms with Gasteiger partial charge in [0.25, 0.3) is 0 Å². The van der Waals surface area contributed by atoms with Crippen molar-refractivity contribution in [3.8, 4) is 0 Å². The van der Waals surface area contributed by atoms with Crippen LogP contribution < -0.4 is 5.32 Å². The maximum Gasteiger partial charge on any atom is 0.146 e. The van der Waals surface area contributed by atoms with Gasteiger partial charge < -0.3 is 5.32 Å². The van der Waals surface area contributed by atoms with E-state index in [0.717, 1.165) is 19.4 Å². The quantitative estimate of drug-likeness (QED) is 0.865. The van der Waals surface area contributed by atoms with E-state index in [1.54, 1.807) is 12.3 Å². The highest BCUT2D eigenvalue weighted by Gasteiger charge is 2.15. The zero-order chi connectivity index (χ0) is 14.4. The monoisotopic (exact) mass is 272 g/mol. The zero-order valence-electron chi connectivity index (χ0n) is 12.1. The van der Waals surface area contributed by atoms with Crippen LogP contribution in [0.5, 0.6) is 0 Å². The van der Waals surface area contributed by atoms with Gasteiger partial charge in [0.2, 0.25) is 0 Å². The summed E-state index contributed by atoms with van der Waals surface area (Å²) >= 11 is 0. The molecular formula is C17H21FN2. The Labute approximate surface area is 120 Å². The van der Waals surface area contributed by atoms with Crippen molar-refractivity contribution >= 4 is 0 Å². The highest BCUT2D eigenvalue weighted by atomic mass is 19.1. The number of pyridine rings is 1. The first-order chi connectivity index (χ1) is 9.70. The van der Waals surface area contributed by atoms with Gasteiger partial charge in [-0.05, 0) is 37.9 Å². The Morgan fingerprint density at radius 3 is 2.85 bits per heavy atom. The molecule has 0 amide bonds. The molecular weight excluding hydrogens is 251 g/mol. The molecule has 1 aromatic heterocycles. The number of hydrogen-bond acceptors (Lipinski definition) is 2. The molecule has 0 aliphatic rings. The molecule has 0 saturated heterocycles. The lowest BCUT2D eigenvalue weighted by Crippen LogP contribution is -2.25. The summed E-state index contributed by atoms with van der Waals surface area (Å²) in [5.41, 5.74) is 3.14. The van der Waals surface area contributed by atoms with Gasteiger partial charge in [-0.3, -0.25) is 4.98 Å². The molecule has 3 heteroatoms. The van der Waals surface area contributed by atoms with Crippen LogP contribution >= 0.6 is 0 Å². The van der Waals surface area contributed by atoms with Crippen molar-refractivity contribution in [3.63, 3.8) is 0 Å². The minimum atomic E-state index is -0.242. The fourth-order valence-corrected chi connectivity index (χ4v) is 2.35. The summed E-state index contributed by atoms with van der Waals surface area (Å²) < 4.78 is 13.9. The van der Waals surface area contributed by atoms with Crippen LogP contribution in [0, 0.1) is 12.7 Å². The minimum Gasteiger partial charge on any atom is -0.310 e. The second-order valence-corrected chi connectivity index (χ2v) is 5.10. The fraction of sp³-hybridized carbons (Fsp3) is 0.353. The van der Waals surface area contributed by atoms with Crippen LogP contribution in [0.25, 0.3) is 0 Å². The SMILES string of the molecule is CCCNC(Cc1cccc(C)c1)c1ccncc1F. The molecule has 1 unspecified atom stereocenters. The number of rotatable bonds is 6. The van der Waals surface area contributed by atoms with Crippen molar-refractivity contribution in [2.45, 2.75) is 32.7 Å². The Hall–Kier alpha value is -1.74. The van der Waals surface area contributed by atoms with Gasteiger partial charge in [0.1, 0.15) is 5.82 Å². The summed E-state index contributed by atoms with van der Waals surface area (Å²) in [6.45, 7) is 5.06. The van der Waals surface area contributed by atoms with Crippen molar-refractivity contribution in [2.24, 2.45) is 0 Å². The van der Waals surface area contributed by atoms with E-state index >= 15 is 0 Å². The molecule has 0 fully saturated rings. The van der Waals surface area contributed by atoms with Gasteiger partial charge in [0, 0.05) is 17.8 Å². The maximum atomic E-state index is 13.9. The number of aryl methyl sites for hydroxylation is 1. The Bertz CT molecular complexity index is 554. The van der Waals surface area contributed by atoms with Gasteiger partial charge in [0.15, 0.2) is 0 Å². The van der Waals surface area contributed by atoms with Gasteiger partial charge in [0.05, 0.1) is 6.20 Å². The molecule has 106 valence electrons. The average Bonchev–Trinajstić information content (AvgIpc) is 2.44. The van der Waals surface area contributed by atoms with E-state index < -0.39 is 0 Å². The maximum absolute atomic E-state index is 13.9. The highest BCUT2D eigenvalue weighted by Crippen LogP contribution is 2.21. The molecule has 2 rings (SSSR count). The largest absolute Gasteiger partial charge is 0.310 e. The second-order valence-electron chi connectivity index (χ2n) is 5.10. The Morgan fingerprint density at radius 1 is 1.30 bits per heavy atom. The Morgan fingerprint density at radius 2 is 2.15 bits per heavy atom. The van der Waals surface area contributed by atoms with Gasteiger partial charge in [-0.2, -0.15) is 0 Å². The molecule has 0 aliphatic heterocycles. The van der Waals surface area contributed by atoms with Crippen LogP contribution in [-0.4, -0.2) is 11.5 Å². The van der Waals surface area contributed by atoms with E-state index in [4.69, 9.17) is 0 Å². The first-order valence-corrected chi connectivity index (χ1v) is 7.09. The van der Waals surface area contributed by atoms with Crippen LogP contribution in [0.3, 0.4) is 0 Å². The molecule has 2 nitrogen and oxygen atoms in total. The van der Waals surface area contributed by atoms with Crippen LogP contribution in [0.4, 0.5) is 4.39 Å². The molecule has 0 radical (unpaired) electrons. The predicted molar refractivity (Wildman–Crippen MR) is 80.1 cm³/mol. The van der Waals surface area contributed by atoms with Crippen molar-refractivity contribution < 1.29 is 4.39 Å². The number of nitrogens with zero attached hydrogens (tertiary/aromatic N) is 1. The molecule has 1 N–H and O–H groups in total. The molecule has 1 heterocycles. The van der Waals surface area contributed by atoms with Gasteiger partial charge in [-0.15, -0.1) is 0 Å². The summed E-state index contributed by atoms with van der Waals surface area (Å²) in [4.78, 5) is 3.83. The average molecular weight is 272 g/mol. The van der Waals surface area contributed by atoms with E-state index in [1.807, 2.05) is 6.07 Å². The van der Waals surface area contributed by atoms with E-state index in [-0.39, 0.29) is 11.9 Å². The molecule has 0 spiro atoms. The summed E-state index contributed by atoms with van der Waals surface area (Å²) in [6, 6.07) is 10.1. The number of hydrogen-bond donors (Lipinski definition) is 1. The number of aromatic nitrogens is 1. The summed E-state index contributed by atoms with van der Waals surface area (Å²) in [5, 5.41) is 3.43. The second kappa shape index (κ2) is 7.15. The van der Waals surface area contributed by atoms with Crippen molar-refractivity contribution in [2.75, 3.05) is 6.54 Å². The lowest BCUT2D eigenvalue weighted by atomic mass is 9.98. The molecule has 0 bridgehead atoms. The van der Waals surface area contributed by atoms with Gasteiger partial charge >= 0.3 is 0 Å². The summed E-state index contributed by atoms with van der Waals surface area (Å²) in [6.07, 6.45) is 4.74. The Kier molecular flexibility index (Phi) is 5.24. The number of benzene rings is 1. The molecule has 2 aromatic rings. The fourth-order valence-electron chi connectivity index (χ4n) is 2.35. The van der Waals surface area contributed by atoms with Crippen molar-refractivity contribution in [1.29, 1.82) is 0 Å². The van der Waals surface area contributed by atoms with Crippen LogP contribution in [0.1, 0.15) is 36.1 Å². The van der Waals surface area contributed by atoms with E-state index in [9.17, 15) is 4.39 Å². The first kappa shape index (κ1) is 14.7. The lowest BCUT2D eigenvalue weighted by Gasteiger charge is -2.19. The number of nitrogens with one attached hydrogen (secondary N) is 1. The first-order valence-electron chi connectivity index (χ1n) is 7.09. The van der Waals surface area contributed by atoms with Crippen molar-refractivity contribution in [1.82, 2.24) is 10.3 Å². The van der Waals surface area contributed by atoms with Gasteiger partial charge in [-0.25, -0.2) is 4.39 Å². The smallest absolute Gasteiger partial charge is 0.146 e. The molecule has 0 aliphatic carbocycles. The van der Waals surface area contributed by atoms with Crippen LogP contribution in [0.2, 0.25) is 0 Å². The van der Waals surface area contributed by atoms with E-state index in [2.05, 4.69) is 42.3 Å². The third-order valence-electron chi connectivity index (χ3n) is 3.34. The summed E-state index contributed by atoms with van der Waals surface area (Å²) in [7, 11) is 0. The van der Waals surface area contributed by atoms with E-state index in [0.29, 0.717) is 5.56 Å². The number of halogens is 1. The molecule has 1 atom stereocenters. The van der Waals surface area contributed by atoms with Crippen LogP contribution in [0.15, 0.2) is 42.7 Å². The predicted octanol–water partition coefficient (Wildman–Crippen LogP) is 3.81. The normalized spacial score (nSPS) is 12.3. The third-order valence-corrected chi connectivity index (χ3v) is 3.34. The topological polar surface area (TPSA) is 24.9 Å². The molecule has 20 heavy (non-hydrogen) atoms. The van der Waals surface area contributed by atoms with E-state index in [1.165, 1.54) is 17.3 Å². The van der Waals surface area contributed by atoms with Crippen molar-refractivity contribution in [3.05, 3.63) is 65.2 Å². The standard InChI is InChI=1S/C17H21FN2/c1-3-8-20-17(15-7-9-19-12-16(15)18)11-14-6-4-5-13(2)10-14/h4-7,9-10,12,17,20H,3,8,11H2,1-2H3. The molecule has 0 saturated carbocycles.